The van der Waals surface area contributed by atoms with Crippen LogP contribution in [0.4, 0.5) is 5.69 Å². The zero-order valence-electron chi connectivity index (χ0n) is 11.0. The Morgan fingerprint density at radius 1 is 1.10 bits per heavy atom. The molecule has 0 saturated heterocycles. The number of rotatable bonds is 2. The van der Waals surface area contributed by atoms with Crippen LogP contribution in [0.15, 0.2) is 48.5 Å². The van der Waals surface area contributed by atoms with E-state index < -0.39 is 0 Å². The number of nitrogens with two attached hydrogens (primary N) is 1. The zero-order valence-corrected chi connectivity index (χ0v) is 11.0. The lowest BCUT2D eigenvalue weighted by atomic mass is 10.1. The van der Waals surface area contributed by atoms with Gasteiger partial charge in [0.25, 0.3) is 0 Å². The standard InChI is InChI=1S/C16H14N2O2/c1-20-14-9-12(17)11-7-8-13(18-15(11)16(14)19)10-5-3-2-4-6-10/h2-9,19H,17H2,1H3. The molecule has 0 atom stereocenters. The molecule has 0 spiro atoms. The minimum atomic E-state index is 0.00878. The molecule has 0 unspecified atom stereocenters. The van der Waals surface area contributed by atoms with Crippen molar-refractivity contribution >= 4 is 16.6 Å². The number of aromatic hydroxyl groups is 1. The quantitative estimate of drug-likeness (QED) is 0.552. The Labute approximate surface area is 116 Å². The second-order valence-corrected chi connectivity index (χ2v) is 4.48. The maximum atomic E-state index is 10.2. The monoisotopic (exact) mass is 266 g/mol. The Morgan fingerprint density at radius 3 is 2.55 bits per heavy atom. The molecule has 0 saturated carbocycles. The first kappa shape index (κ1) is 12.3. The molecule has 3 N–H and O–H groups in total. The van der Waals surface area contributed by atoms with Crippen LogP contribution in [-0.2, 0) is 0 Å². The largest absolute Gasteiger partial charge is 0.503 e. The lowest BCUT2D eigenvalue weighted by molar-refractivity contribution is 0.376. The molecule has 0 aliphatic heterocycles. The molecule has 2 aromatic carbocycles. The normalized spacial score (nSPS) is 10.7. The minimum absolute atomic E-state index is 0.00878. The van der Waals surface area contributed by atoms with E-state index in [2.05, 4.69) is 4.98 Å². The van der Waals surface area contributed by atoms with E-state index in [-0.39, 0.29) is 5.75 Å². The minimum Gasteiger partial charge on any atom is -0.503 e. The van der Waals surface area contributed by atoms with Gasteiger partial charge in [-0.25, -0.2) is 4.98 Å². The number of ether oxygens (including phenoxy) is 1. The van der Waals surface area contributed by atoms with Crippen LogP contribution in [0.2, 0.25) is 0 Å². The Bertz CT molecular complexity index is 770. The summed E-state index contributed by atoms with van der Waals surface area (Å²) in [6.45, 7) is 0. The number of methoxy groups -OCH3 is 1. The second kappa shape index (κ2) is 4.74. The average molecular weight is 266 g/mol. The van der Waals surface area contributed by atoms with E-state index in [1.807, 2.05) is 42.5 Å². The average Bonchev–Trinajstić information content (AvgIpc) is 2.51. The van der Waals surface area contributed by atoms with Gasteiger partial charge in [0.05, 0.1) is 12.8 Å². The maximum Gasteiger partial charge on any atom is 0.184 e. The van der Waals surface area contributed by atoms with Crippen LogP contribution >= 0.6 is 0 Å². The topological polar surface area (TPSA) is 68.4 Å². The lowest BCUT2D eigenvalue weighted by Crippen LogP contribution is -1.94. The third kappa shape index (κ3) is 1.91. The number of pyridine rings is 1. The molecule has 100 valence electrons. The highest BCUT2D eigenvalue weighted by molar-refractivity contribution is 5.97. The first-order valence-corrected chi connectivity index (χ1v) is 6.22. The van der Waals surface area contributed by atoms with Gasteiger partial charge in [0, 0.05) is 22.7 Å². The number of aromatic nitrogens is 1. The molecule has 0 bridgehead atoms. The fourth-order valence-corrected chi connectivity index (χ4v) is 2.20. The number of anilines is 1. The molecule has 20 heavy (non-hydrogen) atoms. The first-order chi connectivity index (χ1) is 9.70. The van der Waals surface area contributed by atoms with Crippen LogP contribution in [0, 0.1) is 0 Å². The van der Waals surface area contributed by atoms with E-state index in [0.717, 1.165) is 11.3 Å². The number of nitrogens with zero attached hydrogens (tertiary/aromatic N) is 1. The summed E-state index contributed by atoms with van der Waals surface area (Å²) in [6, 6.07) is 15.1. The molecule has 0 aliphatic carbocycles. The summed E-state index contributed by atoms with van der Waals surface area (Å²) in [4.78, 5) is 4.50. The Kier molecular flexibility index (Phi) is 2.91. The van der Waals surface area contributed by atoms with E-state index in [1.165, 1.54) is 7.11 Å². The van der Waals surface area contributed by atoms with E-state index in [4.69, 9.17) is 10.5 Å². The predicted molar refractivity (Wildman–Crippen MR) is 79.8 cm³/mol. The van der Waals surface area contributed by atoms with Gasteiger partial charge in [-0.05, 0) is 12.1 Å². The van der Waals surface area contributed by atoms with Gasteiger partial charge in [-0.2, -0.15) is 0 Å². The molecule has 0 aliphatic rings. The Balaban J connectivity index is 2.27. The number of phenolic OH excluding ortho intramolecular Hbond substituents is 1. The van der Waals surface area contributed by atoms with Crippen molar-refractivity contribution in [1.29, 1.82) is 0 Å². The van der Waals surface area contributed by atoms with Crippen molar-refractivity contribution in [3.8, 4) is 22.8 Å². The van der Waals surface area contributed by atoms with Crippen LogP contribution < -0.4 is 10.5 Å². The molecule has 4 heteroatoms. The second-order valence-electron chi connectivity index (χ2n) is 4.48. The molecule has 3 rings (SSSR count). The SMILES string of the molecule is COc1cc(N)c2ccc(-c3ccccc3)nc2c1O. The summed E-state index contributed by atoms with van der Waals surface area (Å²) in [5.41, 5.74) is 8.70. The van der Waals surface area contributed by atoms with Gasteiger partial charge in [-0.1, -0.05) is 30.3 Å². The molecular formula is C16H14N2O2. The van der Waals surface area contributed by atoms with Gasteiger partial charge < -0.3 is 15.6 Å². The number of hydrogen-bond donors (Lipinski definition) is 2. The fourth-order valence-electron chi connectivity index (χ4n) is 2.20. The number of nitrogen functional groups attached to an aromatic ring is 1. The first-order valence-electron chi connectivity index (χ1n) is 6.22. The summed E-state index contributed by atoms with van der Waals surface area (Å²) in [5, 5.41) is 10.9. The highest BCUT2D eigenvalue weighted by Crippen LogP contribution is 2.38. The fraction of sp³-hybridized carbons (Fsp3) is 0.0625. The molecule has 0 radical (unpaired) electrons. The molecule has 1 heterocycles. The van der Waals surface area contributed by atoms with Gasteiger partial charge in [0.15, 0.2) is 11.5 Å². The summed E-state index contributed by atoms with van der Waals surface area (Å²) in [5.74, 6) is 0.335. The summed E-state index contributed by atoms with van der Waals surface area (Å²) < 4.78 is 5.11. The number of benzene rings is 2. The van der Waals surface area contributed by atoms with Crippen molar-refractivity contribution in [1.82, 2.24) is 4.98 Å². The van der Waals surface area contributed by atoms with E-state index in [0.29, 0.717) is 22.3 Å². The van der Waals surface area contributed by atoms with E-state index in [9.17, 15) is 5.11 Å². The van der Waals surface area contributed by atoms with Crippen LogP contribution in [0.5, 0.6) is 11.5 Å². The Morgan fingerprint density at radius 2 is 1.85 bits per heavy atom. The maximum absolute atomic E-state index is 10.2. The third-order valence-corrected chi connectivity index (χ3v) is 3.24. The molecule has 0 amide bonds. The Hall–Kier alpha value is -2.75. The van der Waals surface area contributed by atoms with E-state index >= 15 is 0 Å². The number of hydrogen-bond acceptors (Lipinski definition) is 4. The summed E-state index contributed by atoms with van der Waals surface area (Å²) in [6.07, 6.45) is 0. The van der Waals surface area contributed by atoms with Crippen molar-refractivity contribution in [2.75, 3.05) is 12.8 Å². The van der Waals surface area contributed by atoms with Gasteiger partial charge >= 0.3 is 0 Å². The number of fused-ring (bicyclic) bond motifs is 1. The molecule has 1 aromatic heterocycles. The third-order valence-electron chi connectivity index (χ3n) is 3.24. The molecule has 0 fully saturated rings. The van der Waals surface area contributed by atoms with Crippen molar-refractivity contribution < 1.29 is 9.84 Å². The molecule has 3 aromatic rings. The predicted octanol–water partition coefficient (Wildman–Crippen LogP) is 3.20. The van der Waals surface area contributed by atoms with Crippen LogP contribution in [0.3, 0.4) is 0 Å². The van der Waals surface area contributed by atoms with Crippen molar-refractivity contribution in [3.05, 3.63) is 48.5 Å². The van der Waals surface area contributed by atoms with Gasteiger partial charge in [-0.3, -0.25) is 0 Å². The molecule has 4 nitrogen and oxygen atoms in total. The van der Waals surface area contributed by atoms with Crippen LogP contribution in [0.1, 0.15) is 0 Å². The van der Waals surface area contributed by atoms with Gasteiger partial charge in [-0.15, -0.1) is 0 Å². The lowest BCUT2D eigenvalue weighted by Gasteiger charge is -2.10. The summed E-state index contributed by atoms with van der Waals surface area (Å²) >= 11 is 0. The van der Waals surface area contributed by atoms with Gasteiger partial charge in [0.1, 0.15) is 5.52 Å². The zero-order chi connectivity index (χ0) is 14.1. The van der Waals surface area contributed by atoms with Crippen LogP contribution in [0.25, 0.3) is 22.2 Å². The van der Waals surface area contributed by atoms with Gasteiger partial charge in [0.2, 0.25) is 0 Å². The van der Waals surface area contributed by atoms with Crippen LogP contribution in [-0.4, -0.2) is 17.2 Å². The highest BCUT2D eigenvalue weighted by Gasteiger charge is 2.12. The van der Waals surface area contributed by atoms with Crippen molar-refractivity contribution in [3.63, 3.8) is 0 Å². The van der Waals surface area contributed by atoms with E-state index in [1.54, 1.807) is 6.07 Å². The molecular weight excluding hydrogens is 252 g/mol. The number of phenols is 1. The highest BCUT2D eigenvalue weighted by atomic mass is 16.5. The smallest absolute Gasteiger partial charge is 0.184 e. The summed E-state index contributed by atoms with van der Waals surface area (Å²) in [7, 11) is 1.49. The van der Waals surface area contributed by atoms with Crippen molar-refractivity contribution in [2.45, 2.75) is 0 Å². The van der Waals surface area contributed by atoms with Crippen molar-refractivity contribution in [2.24, 2.45) is 0 Å².